The second kappa shape index (κ2) is 4.08. The molecule has 1 aliphatic heterocycles. The van der Waals surface area contributed by atoms with Gasteiger partial charge in [0.25, 0.3) is 0 Å². The lowest BCUT2D eigenvalue weighted by Crippen LogP contribution is -2.39. The van der Waals surface area contributed by atoms with Crippen LogP contribution in [0.5, 0.6) is 0 Å². The summed E-state index contributed by atoms with van der Waals surface area (Å²) in [5, 5.41) is 7.54. The van der Waals surface area contributed by atoms with E-state index in [0.29, 0.717) is 18.5 Å². The molecule has 0 spiro atoms. The van der Waals surface area contributed by atoms with Gasteiger partial charge in [0, 0.05) is 30.7 Å². The minimum atomic E-state index is -0.327. The van der Waals surface area contributed by atoms with E-state index in [0.717, 1.165) is 16.5 Å². The van der Waals surface area contributed by atoms with Gasteiger partial charge < -0.3 is 5.73 Å². The summed E-state index contributed by atoms with van der Waals surface area (Å²) in [6.07, 6.45) is 2.72. The molecule has 0 saturated carbocycles. The van der Waals surface area contributed by atoms with E-state index < -0.39 is 0 Å². The zero-order valence-electron chi connectivity index (χ0n) is 10.5. The number of aryl methyl sites for hydroxylation is 1. The first-order valence-corrected chi connectivity index (χ1v) is 6.11. The standard InChI is InChI=1S/C13H14N4O2/c1-17-6-9-10(14)4-7(5-11(9)16-17)8-2-3-12(18)15-13(8)19/h4-6,8H,2-3,14H2,1H3,(H,15,18,19). The molecule has 2 heterocycles. The van der Waals surface area contributed by atoms with E-state index in [2.05, 4.69) is 10.4 Å². The molecule has 98 valence electrons. The van der Waals surface area contributed by atoms with E-state index in [1.807, 2.05) is 19.3 Å². The predicted molar refractivity (Wildman–Crippen MR) is 70.3 cm³/mol. The molecule has 1 atom stereocenters. The first kappa shape index (κ1) is 11.7. The van der Waals surface area contributed by atoms with Crippen LogP contribution in [-0.4, -0.2) is 21.6 Å². The van der Waals surface area contributed by atoms with Crippen molar-refractivity contribution in [1.29, 1.82) is 0 Å². The van der Waals surface area contributed by atoms with E-state index in [9.17, 15) is 9.59 Å². The number of benzene rings is 1. The Balaban J connectivity index is 2.05. The van der Waals surface area contributed by atoms with Crippen LogP contribution in [0.4, 0.5) is 5.69 Å². The maximum Gasteiger partial charge on any atom is 0.234 e. The number of piperidine rings is 1. The number of fused-ring (bicyclic) bond motifs is 1. The molecule has 1 aromatic heterocycles. The summed E-state index contributed by atoms with van der Waals surface area (Å²) in [5.74, 6) is -0.800. The number of nitrogen functional groups attached to an aromatic ring is 1. The summed E-state index contributed by atoms with van der Waals surface area (Å²) in [4.78, 5) is 23.0. The number of carbonyl (C=O) groups is 2. The fraction of sp³-hybridized carbons (Fsp3) is 0.308. The van der Waals surface area contributed by atoms with Gasteiger partial charge in [0.15, 0.2) is 0 Å². The fourth-order valence-electron chi connectivity index (χ4n) is 2.50. The number of amides is 2. The van der Waals surface area contributed by atoms with Gasteiger partial charge >= 0.3 is 0 Å². The molecule has 2 aromatic rings. The highest BCUT2D eigenvalue weighted by Gasteiger charge is 2.28. The minimum Gasteiger partial charge on any atom is -0.398 e. The number of anilines is 1. The molecule has 6 nitrogen and oxygen atoms in total. The van der Waals surface area contributed by atoms with Crippen LogP contribution in [0.1, 0.15) is 24.3 Å². The van der Waals surface area contributed by atoms with Gasteiger partial charge in [-0.1, -0.05) is 0 Å². The SMILES string of the molecule is Cn1cc2c(N)cc(C3CCC(=O)NC3=O)cc2n1. The van der Waals surface area contributed by atoms with Crippen LogP contribution in [0, 0.1) is 0 Å². The number of carbonyl (C=O) groups excluding carboxylic acids is 2. The van der Waals surface area contributed by atoms with Gasteiger partial charge in [-0.05, 0) is 24.1 Å². The summed E-state index contributed by atoms with van der Waals surface area (Å²) >= 11 is 0. The van der Waals surface area contributed by atoms with Crippen LogP contribution in [-0.2, 0) is 16.6 Å². The largest absolute Gasteiger partial charge is 0.398 e. The lowest BCUT2D eigenvalue weighted by Gasteiger charge is -2.21. The lowest BCUT2D eigenvalue weighted by molar-refractivity contribution is -0.134. The van der Waals surface area contributed by atoms with Crippen LogP contribution >= 0.6 is 0 Å². The number of nitrogens with zero attached hydrogens (tertiary/aromatic N) is 2. The maximum absolute atomic E-state index is 11.9. The Bertz CT molecular complexity index is 689. The minimum absolute atomic E-state index is 0.215. The molecule has 0 aliphatic carbocycles. The third-order valence-electron chi connectivity index (χ3n) is 3.44. The zero-order chi connectivity index (χ0) is 13.6. The van der Waals surface area contributed by atoms with E-state index in [1.54, 1.807) is 10.7 Å². The van der Waals surface area contributed by atoms with E-state index in [1.165, 1.54) is 0 Å². The van der Waals surface area contributed by atoms with Gasteiger partial charge in [-0.25, -0.2) is 0 Å². The van der Waals surface area contributed by atoms with Crippen LogP contribution in [0.3, 0.4) is 0 Å². The Morgan fingerprint density at radius 1 is 1.42 bits per heavy atom. The second-order valence-corrected chi connectivity index (χ2v) is 4.85. The number of nitrogens with two attached hydrogens (primary N) is 1. The summed E-state index contributed by atoms with van der Waals surface area (Å²) in [6.45, 7) is 0. The van der Waals surface area contributed by atoms with Crippen molar-refractivity contribution in [2.75, 3.05) is 5.73 Å². The molecular weight excluding hydrogens is 244 g/mol. The normalized spacial score (nSPS) is 19.7. The molecule has 1 aliphatic rings. The van der Waals surface area contributed by atoms with Crippen molar-refractivity contribution < 1.29 is 9.59 Å². The molecule has 3 rings (SSSR count). The van der Waals surface area contributed by atoms with Crippen LogP contribution in [0.2, 0.25) is 0 Å². The number of imide groups is 1. The predicted octanol–water partition coefficient (Wildman–Crippen LogP) is 0.676. The summed E-state index contributed by atoms with van der Waals surface area (Å²) in [5.41, 5.74) is 8.18. The number of rotatable bonds is 1. The Labute approximate surface area is 109 Å². The monoisotopic (exact) mass is 258 g/mol. The molecule has 1 saturated heterocycles. The molecule has 1 unspecified atom stereocenters. The molecular formula is C13H14N4O2. The molecule has 0 radical (unpaired) electrons. The molecule has 2 amide bonds. The molecule has 0 bridgehead atoms. The molecule has 6 heteroatoms. The molecule has 1 fully saturated rings. The van der Waals surface area contributed by atoms with E-state index >= 15 is 0 Å². The van der Waals surface area contributed by atoms with E-state index in [-0.39, 0.29) is 17.7 Å². The van der Waals surface area contributed by atoms with Crippen molar-refractivity contribution in [1.82, 2.24) is 15.1 Å². The second-order valence-electron chi connectivity index (χ2n) is 4.85. The highest BCUT2D eigenvalue weighted by molar-refractivity contribution is 6.01. The Kier molecular flexibility index (Phi) is 2.51. The van der Waals surface area contributed by atoms with Crippen molar-refractivity contribution in [3.63, 3.8) is 0 Å². The average molecular weight is 258 g/mol. The Morgan fingerprint density at radius 2 is 2.21 bits per heavy atom. The first-order chi connectivity index (χ1) is 9.04. The van der Waals surface area contributed by atoms with Crippen molar-refractivity contribution in [3.05, 3.63) is 23.9 Å². The maximum atomic E-state index is 11.9. The van der Waals surface area contributed by atoms with Crippen molar-refractivity contribution >= 4 is 28.4 Å². The van der Waals surface area contributed by atoms with Gasteiger partial charge in [0.05, 0.1) is 11.4 Å². The van der Waals surface area contributed by atoms with E-state index in [4.69, 9.17) is 5.73 Å². The highest BCUT2D eigenvalue weighted by atomic mass is 16.2. The first-order valence-electron chi connectivity index (χ1n) is 6.11. The van der Waals surface area contributed by atoms with Crippen LogP contribution in [0.25, 0.3) is 10.9 Å². The lowest BCUT2D eigenvalue weighted by atomic mass is 9.90. The summed E-state index contributed by atoms with van der Waals surface area (Å²) in [6, 6.07) is 3.66. The smallest absolute Gasteiger partial charge is 0.234 e. The quantitative estimate of drug-likeness (QED) is 0.581. The third-order valence-corrected chi connectivity index (χ3v) is 3.44. The van der Waals surface area contributed by atoms with Gasteiger partial charge in [-0.3, -0.25) is 19.6 Å². The van der Waals surface area contributed by atoms with Gasteiger partial charge in [0.1, 0.15) is 0 Å². The summed E-state index contributed by atoms with van der Waals surface area (Å²) < 4.78 is 1.69. The third kappa shape index (κ3) is 1.95. The number of aromatic nitrogens is 2. The van der Waals surface area contributed by atoms with Crippen LogP contribution in [0.15, 0.2) is 18.3 Å². The highest BCUT2D eigenvalue weighted by Crippen LogP contribution is 2.30. The molecule has 19 heavy (non-hydrogen) atoms. The number of nitrogens with one attached hydrogen (secondary N) is 1. The number of hydrogen-bond acceptors (Lipinski definition) is 4. The van der Waals surface area contributed by atoms with Gasteiger partial charge in [-0.2, -0.15) is 5.10 Å². The Morgan fingerprint density at radius 3 is 2.95 bits per heavy atom. The van der Waals surface area contributed by atoms with Crippen molar-refractivity contribution in [2.24, 2.45) is 7.05 Å². The van der Waals surface area contributed by atoms with Gasteiger partial charge in [0.2, 0.25) is 11.8 Å². The zero-order valence-corrected chi connectivity index (χ0v) is 10.5. The average Bonchev–Trinajstić information content (AvgIpc) is 2.70. The molecule has 3 N–H and O–H groups in total. The molecule has 1 aromatic carbocycles. The van der Waals surface area contributed by atoms with Crippen molar-refractivity contribution in [3.8, 4) is 0 Å². The van der Waals surface area contributed by atoms with Crippen LogP contribution < -0.4 is 11.1 Å². The number of hydrogen-bond donors (Lipinski definition) is 2. The Hall–Kier alpha value is -2.37. The fourth-order valence-corrected chi connectivity index (χ4v) is 2.50. The van der Waals surface area contributed by atoms with Crippen molar-refractivity contribution in [2.45, 2.75) is 18.8 Å². The van der Waals surface area contributed by atoms with Gasteiger partial charge in [-0.15, -0.1) is 0 Å². The summed E-state index contributed by atoms with van der Waals surface area (Å²) in [7, 11) is 1.82. The topological polar surface area (TPSA) is 90.0 Å².